The highest BCUT2D eigenvalue weighted by atomic mass is 32.1. The van der Waals surface area contributed by atoms with E-state index in [0.29, 0.717) is 45.8 Å². The zero-order valence-corrected chi connectivity index (χ0v) is 19.3. The summed E-state index contributed by atoms with van der Waals surface area (Å²) in [6.07, 6.45) is 0.647. The second-order valence-electron chi connectivity index (χ2n) is 7.63. The molecule has 2 aromatic carbocycles. The second kappa shape index (κ2) is 8.84. The minimum absolute atomic E-state index is 0.00570. The molecule has 9 heteroatoms. The first-order valence-electron chi connectivity index (χ1n) is 10.4. The summed E-state index contributed by atoms with van der Waals surface area (Å²) in [7, 11) is 0. The van der Waals surface area contributed by atoms with Gasteiger partial charge in [-0.15, -0.1) is 11.3 Å². The number of anilines is 1. The summed E-state index contributed by atoms with van der Waals surface area (Å²) >= 11 is 2.65. The van der Waals surface area contributed by atoms with Gasteiger partial charge in [0.25, 0.3) is 11.8 Å². The molecule has 4 aromatic rings. The molecule has 6 nitrogen and oxygen atoms in total. The second-order valence-corrected chi connectivity index (χ2v) is 9.71. The van der Waals surface area contributed by atoms with Gasteiger partial charge in [0, 0.05) is 29.0 Å². The molecule has 1 N–H and O–H groups in total. The summed E-state index contributed by atoms with van der Waals surface area (Å²) in [5, 5.41) is 4.05. The number of carbonyl (C=O) groups is 2. The number of nitrogens with zero attached hydrogens (tertiary/aromatic N) is 3. The van der Waals surface area contributed by atoms with Crippen LogP contribution in [0.4, 0.5) is 9.52 Å². The van der Waals surface area contributed by atoms with Crippen molar-refractivity contribution in [3.63, 3.8) is 0 Å². The van der Waals surface area contributed by atoms with E-state index in [0.717, 1.165) is 16.1 Å². The van der Waals surface area contributed by atoms with Crippen LogP contribution in [0.15, 0.2) is 54.6 Å². The Morgan fingerprint density at radius 2 is 1.79 bits per heavy atom. The third-order valence-electron chi connectivity index (χ3n) is 5.35. The molecule has 2 amide bonds. The summed E-state index contributed by atoms with van der Waals surface area (Å²) in [6, 6.07) is 15.3. The monoisotopic (exact) mass is 478 g/mol. The third kappa shape index (κ3) is 4.42. The number of thiazole rings is 2. The molecule has 0 fully saturated rings. The lowest BCUT2D eigenvalue weighted by Crippen LogP contribution is -2.35. The molecule has 33 heavy (non-hydrogen) atoms. The fourth-order valence-electron chi connectivity index (χ4n) is 3.66. The minimum Gasteiger partial charge on any atom is -0.333 e. The van der Waals surface area contributed by atoms with Crippen molar-refractivity contribution in [2.45, 2.75) is 19.9 Å². The predicted octanol–water partition coefficient (Wildman–Crippen LogP) is 5.16. The molecule has 0 atom stereocenters. The van der Waals surface area contributed by atoms with Crippen LogP contribution in [-0.4, -0.2) is 33.2 Å². The van der Waals surface area contributed by atoms with E-state index in [4.69, 9.17) is 0 Å². The Labute approximate surface area is 197 Å². The maximum atomic E-state index is 13.2. The highest BCUT2D eigenvalue weighted by molar-refractivity contribution is 7.18. The van der Waals surface area contributed by atoms with Gasteiger partial charge in [-0.25, -0.2) is 14.4 Å². The Kier molecular flexibility index (Phi) is 5.74. The Bertz CT molecular complexity index is 1330. The lowest BCUT2D eigenvalue weighted by Gasteiger charge is -2.26. The summed E-state index contributed by atoms with van der Waals surface area (Å²) in [5.74, 6) is -0.600. The Morgan fingerprint density at radius 1 is 1.03 bits per heavy atom. The summed E-state index contributed by atoms with van der Waals surface area (Å²) < 4.78 is 13.2. The van der Waals surface area contributed by atoms with Gasteiger partial charge in [0.15, 0.2) is 5.13 Å². The fourth-order valence-corrected chi connectivity index (χ4v) is 5.65. The predicted molar refractivity (Wildman–Crippen MR) is 127 cm³/mol. The molecule has 1 aliphatic heterocycles. The van der Waals surface area contributed by atoms with Crippen LogP contribution < -0.4 is 5.32 Å². The van der Waals surface area contributed by atoms with Crippen molar-refractivity contribution < 1.29 is 14.0 Å². The van der Waals surface area contributed by atoms with Crippen LogP contribution in [0.1, 0.15) is 36.3 Å². The summed E-state index contributed by atoms with van der Waals surface area (Å²) in [6.45, 7) is 2.84. The highest BCUT2D eigenvalue weighted by Gasteiger charge is 2.26. The molecule has 0 unspecified atom stereocenters. The van der Waals surface area contributed by atoms with Crippen molar-refractivity contribution in [3.8, 4) is 10.6 Å². The largest absolute Gasteiger partial charge is 0.333 e. The quantitative estimate of drug-likeness (QED) is 0.439. The van der Waals surface area contributed by atoms with E-state index in [1.807, 2.05) is 35.2 Å². The average Bonchev–Trinajstić information content (AvgIpc) is 3.41. The van der Waals surface area contributed by atoms with Crippen LogP contribution in [0, 0.1) is 12.7 Å². The van der Waals surface area contributed by atoms with Gasteiger partial charge in [-0.1, -0.05) is 29.5 Å². The van der Waals surface area contributed by atoms with Crippen LogP contribution in [0.3, 0.4) is 0 Å². The van der Waals surface area contributed by atoms with Crippen LogP contribution in [0.25, 0.3) is 10.6 Å². The average molecular weight is 479 g/mol. The van der Waals surface area contributed by atoms with E-state index in [1.54, 1.807) is 19.1 Å². The normalized spacial score (nSPS) is 13.0. The van der Waals surface area contributed by atoms with Gasteiger partial charge in [-0.05, 0) is 43.3 Å². The number of carbonyl (C=O) groups excluding carboxylic acids is 2. The zero-order chi connectivity index (χ0) is 22.9. The van der Waals surface area contributed by atoms with E-state index in [2.05, 4.69) is 15.3 Å². The first kappa shape index (κ1) is 21.4. The van der Waals surface area contributed by atoms with E-state index in [9.17, 15) is 14.0 Å². The Morgan fingerprint density at radius 3 is 2.55 bits per heavy atom. The van der Waals surface area contributed by atoms with Crippen LogP contribution in [0.2, 0.25) is 0 Å². The zero-order valence-electron chi connectivity index (χ0n) is 17.7. The number of rotatable bonds is 4. The number of nitrogens with one attached hydrogen (secondary N) is 1. The standard InChI is InChI=1S/C24H19FN4O2S2/c1-14-20(33-22(26-14)15-7-9-17(25)10-8-15)21(30)28-24-27-18-11-12-29(13-19(18)32-24)23(31)16-5-3-2-4-6-16/h2-10H,11-13H2,1H3,(H,27,28,30). The Balaban J connectivity index is 1.30. The van der Waals surface area contributed by atoms with Crippen molar-refractivity contribution in [2.24, 2.45) is 0 Å². The molecule has 0 radical (unpaired) electrons. The van der Waals surface area contributed by atoms with Crippen molar-refractivity contribution in [2.75, 3.05) is 11.9 Å². The number of halogens is 1. The van der Waals surface area contributed by atoms with Gasteiger partial charge >= 0.3 is 0 Å². The first-order valence-corrected chi connectivity index (χ1v) is 12.0. The van der Waals surface area contributed by atoms with Crippen LogP contribution in [0.5, 0.6) is 0 Å². The number of aromatic nitrogens is 2. The first-order chi connectivity index (χ1) is 16.0. The molecule has 166 valence electrons. The molecule has 0 saturated heterocycles. The molecular formula is C24H19FN4O2S2. The molecule has 0 bridgehead atoms. The third-order valence-corrected chi connectivity index (χ3v) is 7.56. The van der Waals surface area contributed by atoms with Gasteiger partial charge in [0.2, 0.25) is 0 Å². The van der Waals surface area contributed by atoms with Crippen molar-refractivity contribution >= 4 is 39.6 Å². The lowest BCUT2D eigenvalue weighted by atomic mass is 10.1. The molecular weight excluding hydrogens is 459 g/mol. The maximum Gasteiger partial charge on any atom is 0.269 e. The summed E-state index contributed by atoms with van der Waals surface area (Å²) in [5.41, 5.74) is 2.95. The number of hydrogen-bond acceptors (Lipinski definition) is 6. The molecule has 5 rings (SSSR count). The smallest absolute Gasteiger partial charge is 0.269 e. The van der Waals surface area contributed by atoms with Gasteiger partial charge < -0.3 is 4.90 Å². The molecule has 0 aliphatic carbocycles. The number of fused-ring (bicyclic) bond motifs is 1. The van der Waals surface area contributed by atoms with Gasteiger partial charge in [-0.3, -0.25) is 14.9 Å². The fraction of sp³-hybridized carbons (Fsp3) is 0.167. The molecule has 2 aromatic heterocycles. The van der Waals surface area contributed by atoms with Gasteiger partial charge in [0.05, 0.1) is 17.9 Å². The Hall–Kier alpha value is -3.43. The van der Waals surface area contributed by atoms with Gasteiger partial charge in [-0.2, -0.15) is 0 Å². The SMILES string of the molecule is Cc1nc(-c2ccc(F)cc2)sc1C(=O)Nc1nc2c(s1)CN(C(=O)c1ccccc1)CC2. The minimum atomic E-state index is -0.318. The lowest BCUT2D eigenvalue weighted by molar-refractivity contribution is 0.0736. The molecule has 0 spiro atoms. The van der Waals surface area contributed by atoms with Crippen molar-refractivity contribution in [1.29, 1.82) is 0 Å². The number of hydrogen-bond donors (Lipinski definition) is 1. The maximum absolute atomic E-state index is 13.2. The van der Waals surface area contributed by atoms with E-state index in [-0.39, 0.29) is 17.6 Å². The van der Waals surface area contributed by atoms with E-state index >= 15 is 0 Å². The van der Waals surface area contributed by atoms with Crippen LogP contribution >= 0.6 is 22.7 Å². The number of aryl methyl sites for hydroxylation is 1. The number of benzene rings is 2. The van der Waals surface area contributed by atoms with Gasteiger partial charge in [0.1, 0.15) is 15.7 Å². The molecule has 1 aliphatic rings. The molecule has 3 heterocycles. The topological polar surface area (TPSA) is 75.2 Å². The molecule has 0 saturated carbocycles. The van der Waals surface area contributed by atoms with Crippen molar-refractivity contribution in [3.05, 3.63) is 87.1 Å². The van der Waals surface area contributed by atoms with Crippen LogP contribution in [-0.2, 0) is 13.0 Å². The number of amides is 2. The van der Waals surface area contributed by atoms with E-state index in [1.165, 1.54) is 34.8 Å². The summed E-state index contributed by atoms with van der Waals surface area (Å²) in [4.78, 5) is 38.0. The van der Waals surface area contributed by atoms with E-state index < -0.39 is 0 Å². The van der Waals surface area contributed by atoms with Crippen molar-refractivity contribution in [1.82, 2.24) is 14.9 Å². The highest BCUT2D eigenvalue weighted by Crippen LogP contribution is 2.32.